The Kier molecular flexibility index (Phi) is 6.99. The van der Waals surface area contributed by atoms with E-state index in [1.165, 1.54) is 30.3 Å². The predicted molar refractivity (Wildman–Crippen MR) is 114 cm³/mol. The monoisotopic (exact) mass is 450 g/mol. The summed E-state index contributed by atoms with van der Waals surface area (Å²) < 4.78 is 32.6. The van der Waals surface area contributed by atoms with E-state index in [1.807, 2.05) is 0 Å². The number of halogens is 1. The number of amides is 1. The number of carbonyl (C=O) groups excluding carboxylic acids is 2. The van der Waals surface area contributed by atoms with Crippen LogP contribution in [0.25, 0.3) is 0 Å². The van der Waals surface area contributed by atoms with Gasteiger partial charge in [-0.2, -0.15) is 0 Å². The van der Waals surface area contributed by atoms with Gasteiger partial charge < -0.3 is 9.64 Å². The van der Waals surface area contributed by atoms with Crippen LogP contribution in [-0.2, 0) is 19.6 Å². The number of benzene rings is 2. The minimum absolute atomic E-state index is 0.119. The quantitative estimate of drug-likeness (QED) is 0.679. The number of carbonyl (C=O) groups is 2. The highest BCUT2D eigenvalue weighted by atomic mass is 35.5. The van der Waals surface area contributed by atoms with Gasteiger partial charge in [0.1, 0.15) is 0 Å². The SMILES string of the molecule is CCOC(=O)C1CCN(C(=O)c2cc(NS(=O)(=O)c3ccccc3)ccc2Cl)CC1. The second kappa shape index (κ2) is 9.49. The number of likely N-dealkylation sites (tertiary alicyclic amines) is 1. The fourth-order valence-electron chi connectivity index (χ4n) is 3.32. The zero-order chi connectivity index (χ0) is 21.7. The fourth-order valence-corrected chi connectivity index (χ4v) is 4.58. The van der Waals surface area contributed by atoms with Crippen molar-refractivity contribution in [3.8, 4) is 0 Å². The Hall–Kier alpha value is -2.58. The highest BCUT2D eigenvalue weighted by Gasteiger charge is 2.29. The number of nitrogens with zero attached hydrogens (tertiary/aromatic N) is 1. The molecule has 0 aliphatic carbocycles. The van der Waals surface area contributed by atoms with Gasteiger partial charge in [-0.15, -0.1) is 0 Å². The minimum atomic E-state index is -3.79. The predicted octanol–water partition coefficient (Wildman–Crippen LogP) is 3.56. The summed E-state index contributed by atoms with van der Waals surface area (Å²) in [5.41, 5.74) is 0.451. The molecule has 2 aromatic carbocycles. The van der Waals surface area contributed by atoms with Gasteiger partial charge in [0, 0.05) is 18.8 Å². The molecule has 0 atom stereocenters. The third-order valence-corrected chi connectivity index (χ3v) is 6.63. The molecule has 1 aliphatic rings. The molecule has 1 aliphatic heterocycles. The van der Waals surface area contributed by atoms with E-state index in [1.54, 1.807) is 30.0 Å². The summed E-state index contributed by atoms with van der Waals surface area (Å²) in [6.45, 7) is 2.90. The van der Waals surface area contributed by atoms with Crippen LogP contribution in [0.3, 0.4) is 0 Å². The molecule has 0 radical (unpaired) electrons. The number of anilines is 1. The molecular formula is C21H23ClN2O5S. The van der Waals surface area contributed by atoms with Gasteiger partial charge in [-0.1, -0.05) is 29.8 Å². The van der Waals surface area contributed by atoms with Crippen molar-refractivity contribution in [3.63, 3.8) is 0 Å². The number of nitrogens with one attached hydrogen (secondary N) is 1. The summed E-state index contributed by atoms with van der Waals surface area (Å²) in [4.78, 5) is 26.6. The number of hydrogen-bond acceptors (Lipinski definition) is 5. The number of hydrogen-bond donors (Lipinski definition) is 1. The molecule has 7 nitrogen and oxygen atoms in total. The Morgan fingerprint density at radius 2 is 1.80 bits per heavy atom. The van der Waals surface area contributed by atoms with Crippen molar-refractivity contribution in [1.29, 1.82) is 0 Å². The minimum Gasteiger partial charge on any atom is -0.466 e. The molecule has 3 rings (SSSR count). The lowest BCUT2D eigenvalue weighted by Crippen LogP contribution is -2.40. The van der Waals surface area contributed by atoms with Crippen LogP contribution in [0.4, 0.5) is 5.69 Å². The summed E-state index contributed by atoms with van der Waals surface area (Å²) in [6.07, 6.45) is 1.03. The summed E-state index contributed by atoms with van der Waals surface area (Å²) in [6, 6.07) is 12.4. The molecule has 0 aromatic heterocycles. The van der Waals surface area contributed by atoms with E-state index >= 15 is 0 Å². The smallest absolute Gasteiger partial charge is 0.309 e. The lowest BCUT2D eigenvalue weighted by atomic mass is 9.96. The van der Waals surface area contributed by atoms with Gasteiger partial charge in [0.2, 0.25) is 0 Å². The van der Waals surface area contributed by atoms with E-state index in [2.05, 4.69) is 4.72 Å². The van der Waals surface area contributed by atoms with Crippen molar-refractivity contribution in [3.05, 3.63) is 59.1 Å². The van der Waals surface area contributed by atoms with Crippen LogP contribution in [0.5, 0.6) is 0 Å². The van der Waals surface area contributed by atoms with Gasteiger partial charge >= 0.3 is 5.97 Å². The van der Waals surface area contributed by atoms with Crippen molar-refractivity contribution in [2.75, 3.05) is 24.4 Å². The number of rotatable bonds is 6. The zero-order valence-corrected chi connectivity index (χ0v) is 18.1. The molecule has 160 valence electrons. The van der Waals surface area contributed by atoms with Gasteiger partial charge in [-0.3, -0.25) is 14.3 Å². The van der Waals surface area contributed by atoms with Crippen molar-refractivity contribution >= 4 is 39.2 Å². The molecule has 1 fully saturated rings. The molecule has 0 spiro atoms. The Morgan fingerprint density at radius 1 is 1.13 bits per heavy atom. The Morgan fingerprint density at radius 3 is 2.43 bits per heavy atom. The Bertz CT molecular complexity index is 1020. The summed E-state index contributed by atoms with van der Waals surface area (Å²) in [5.74, 6) is -0.753. The molecule has 0 unspecified atom stereocenters. The van der Waals surface area contributed by atoms with Gasteiger partial charge in [-0.25, -0.2) is 8.42 Å². The lowest BCUT2D eigenvalue weighted by molar-refractivity contribution is -0.149. The van der Waals surface area contributed by atoms with Crippen LogP contribution in [0.15, 0.2) is 53.4 Å². The topological polar surface area (TPSA) is 92.8 Å². The molecule has 0 saturated carbocycles. The van der Waals surface area contributed by atoms with E-state index < -0.39 is 10.0 Å². The van der Waals surface area contributed by atoms with Crippen LogP contribution in [0.2, 0.25) is 5.02 Å². The molecule has 1 amide bonds. The molecule has 9 heteroatoms. The number of esters is 1. The summed E-state index contributed by atoms with van der Waals surface area (Å²) in [7, 11) is -3.79. The van der Waals surface area contributed by atoms with Crippen molar-refractivity contribution in [2.45, 2.75) is 24.7 Å². The van der Waals surface area contributed by atoms with E-state index in [0.717, 1.165) is 0 Å². The molecule has 0 bridgehead atoms. The maximum absolute atomic E-state index is 13.0. The maximum Gasteiger partial charge on any atom is 0.309 e. The van der Waals surface area contributed by atoms with E-state index in [0.29, 0.717) is 32.5 Å². The molecular weight excluding hydrogens is 428 g/mol. The molecule has 1 saturated heterocycles. The van der Waals surface area contributed by atoms with Gasteiger partial charge in [-0.05, 0) is 50.1 Å². The van der Waals surface area contributed by atoms with Crippen molar-refractivity contribution in [2.24, 2.45) is 5.92 Å². The molecule has 30 heavy (non-hydrogen) atoms. The van der Waals surface area contributed by atoms with Crippen LogP contribution in [0.1, 0.15) is 30.1 Å². The lowest BCUT2D eigenvalue weighted by Gasteiger charge is -2.31. The third-order valence-electron chi connectivity index (χ3n) is 4.90. The van der Waals surface area contributed by atoms with Crippen LogP contribution < -0.4 is 4.72 Å². The Labute approximate surface area is 181 Å². The van der Waals surface area contributed by atoms with Crippen molar-refractivity contribution in [1.82, 2.24) is 4.90 Å². The number of sulfonamides is 1. The number of piperidine rings is 1. The van der Waals surface area contributed by atoms with Crippen molar-refractivity contribution < 1.29 is 22.7 Å². The standard InChI is InChI=1S/C21H23ClN2O5S/c1-2-29-21(26)15-10-12-24(13-11-15)20(25)18-14-16(8-9-19(18)22)23-30(27,28)17-6-4-3-5-7-17/h3-9,14-15,23H,2,10-13H2,1H3. The van der Waals surface area contributed by atoms with Crippen LogP contribution in [0, 0.1) is 5.92 Å². The van der Waals surface area contributed by atoms with E-state index in [9.17, 15) is 18.0 Å². The zero-order valence-electron chi connectivity index (χ0n) is 16.5. The van der Waals surface area contributed by atoms with E-state index in [4.69, 9.17) is 16.3 Å². The molecule has 2 aromatic rings. The summed E-state index contributed by atoms with van der Waals surface area (Å²) in [5, 5.41) is 0.232. The van der Waals surface area contributed by atoms with Gasteiger partial charge in [0.05, 0.1) is 28.0 Å². The maximum atomic E-state index is 13.0. The van der Waals surface area contributed by atoms with E-state index in [-0.39, 0.29) is 39.0 Å². The second-order valence-electron chi connectivity index (χ2n) is 6.93. The summed E-state index contributed by atoms with van der Waals surface area (Å²) >= 11 is 6.22. The third kappa shape index (κ3) is 5.12. The van der Waals surface area contributed by atoms with Crippen LogP contribution >= 0.6 is 11.6 Å². The normalized spacial score (nSPS) is 14.9. The second-order valence-corrected chi connectivity index (χ2v) is 9.02. The van der Waals surface area contributed by atoms with Gasteiger partial charge in [0.25, 0.3) is 15.9 Å². The average molecular weight is 451 g/mol. The largest absolute Gasteiger partial charge is 0.466 e. The first-order valence-corrected chi connectivity index (χ1v) is 11.5. The number of ether oxygens (including phenoxy) is 1. The average Bonchev–Trinajstić information content (AvgIpc) is 2.75. The Balaban J connectivity index is 1.73. The highest BCUT2D eigenvalue weighted by molar-refractivity contribution is 7.92. The fraction of sp³-hybridized carbons (Fsp3) is 0.333. The molecule has 1 N–H and O–H groups in total. The molecule has 1 heterocycles. The first-order valence-electron chi connectivity index (χ1n) is 9.65. The first-order chi connectivity index (χ1) is 14.3. The van der Waals surface area contributed by atoms with Gasteiger partial charge in [0.15, 0.2) is 0 Å². The highest BCUT2D eigenvalue weighted by Crippen LogP contribution is 2.26. The van der Waals surface area contributed by atoms with Crippen LogP contribution in [-0.4, -0.2) is 44.9 Å². The first kappa shape index (κ1) is 22.1.